The van der Waals surface area contributed by atoms with E-state index >= 15 is 0 Å². The normalized spacial score (nSPS) is 18.8. The van der Waals surface area contributed by atoms with Crippen molar-refractivity contribution < 1.29 is 8.78 Å². The van der Waals surface area contributed by atoms with Crippen LogP contribution in [0, 0.1) is 6.92 Å². The lowest BCUT2D eigenvalue weighted by Crippen LogP contribution is -2.45. The highest BCUT2D eigenvalue weighted by Gasteiger charge is 2.25. The number of hydrogen-bond acceptors (Lipinski definition) is 2. The zero-order valence-corrected chi connectivity index (χ0v) is 12.6. The van der Waals surface area contributed by atoms with E-state index in [0.717, 1.165) is 41.8 Å². The van der Waals surface area contributed by atoms with Crippen LogP contribution in [0.4, 0.5) is 8.78 Å². The molecular formula is C14H19BrF2N2. The van der Waals surface area contributed by atoms with E-state index in [0.29, 0.717) is 0 Å². The molecule has 0 saturated carbocycles. The molecule has 19 heavy (non-hydrogen) atoms. The lowest BCUT2D eigenvalue weighted by Gasteiger charge is -2.35. The third-order valence-corrected chi connectivity index (χ3v) is 4.43. The number of nitrogens with one attached hydrogen (secondary N) is 1. The van der Waals surface area contributed by atoms with Crippen molar-refractivity contribution >= 4 is 15.9 Å². The number of alkyl halides is 2. The molecule has 1 aromatic carbocycles. The predicted octanol–water partition coefficient (Wildman–Crippen LogP) is 3.36. The van der Waals surface area contributed by atoms with Gasteiger partial charge in [-0.05, 0) is 24.1 Å². The molecule has 1 aromatic rings. The Bertz CT molecular complexity index is 420. The fourth-order valence-electron chi connectivity index (χ4n) is 2.47. The Morgan fingerprint density at radius 3 is 2.58 bits per heavy atom. The molecule has 2 nitrogen and oxygen atoms in total. The quantitative estimate of drug-likeness (QED) is 0.909. The summed E-state index contributed by atoms with van der Waals surface area (Å²) in [5.74, 6) is 0. The number of benzene rings is 1. The van der Waals surface area contributed by atoms with E-state index < -0.39 is 6.43 Å². The van der Waals surface area contributed by atoms with Gasteiger partial charge in [-0.2, -0.15) is 0 Å². The highest BCUT2D eigenvalue weighted by atomic mass is 79.9. The highest BCUT2D eigenvalue weighted by Crippen LogP contribution is 2.30. The third-order valence-electron chi connectivity index (χ3n) is 3.57. The Hall–Kier alpha value is -0.520. The second-order valence-electron chi connectivity index (χ2n) is 4.94. The largest absolute Gasteiger partial charge is 0.314 e. The molecule has 0 aromatic heterocycles. The Kier molecular flexibility index (Phi) is 5.30. The van der Waals surface area contributed by atoms with Crippen molar-refractivity contribution in [3.63, 3.8) is 0 Å². The van der Waals surface area contributed by atoms with Gasteiger partial charge >= 0.3 is 0 Å². The topological polar surface area (TPSA) is 15.3 Å². The SMILES string of the molecule is Cc1ccc([C@H](CC(F)F)N2CCNCC2)cc1Br. The van der Waals surface area contributed by atoms with Crippen LogP contribution in [0.15, 0.2) is 22.7 Å². The number of piperazine rings is 1. The third kappa shape index (κ3) is 3.97. The molecule has 1 fully saturated rings. The standard InChI is InChI=1S/C14H19BrF2N2/c1-10-2-3-11(8-12(10)15)13(9-14(16)17)19-6-4-18-5-7-19/h2-3,8,13-14,18H,4-7,9H2,1H3/t13-/m0/s1. The smallest absolute Gasteiger partial charge is 0.240 e. The van der Waals surface area contributed by atoms with Crippen molar-refractivity contribution in [3.05, 3.63) is 33.8 Å². The van der Waals surface area contributed by atoms with E-state index in [9.17, 15) is 8.78 Å². The summed E-state index contributed by atoms with van der Waals surface area (Å²) in [7, 11) is 0. The maximum absolute atomic E-state index is 12.9. The van der Waals surface area contributed by atoms with Crippen LogP contribution in [0.1, 0.15) is 23.6 Å². The Morgan fingerprint density at radius 2 is 2.00 bits per heavy atom. The van der Waals surface area contributed by atoms with Gasteiger partial charge in [-0.3, -0.25) is 4.90 Å². The summed E-state index contributed by atoms with van der Waals surface area (Å²) in [5.41, 5.74) is 2.10. The number of nitrogens with zero attached hydrogens (tertiary/aromatic N) is 1. The van der Waals surface area contributed by atoms with Crippen molar-refractivity contribution in [1.82, 2.24) is 10.2 Å². The van der Waals surface area contributed by atoms with Crippen molar-refractivity contribution in [2.24, 2.45) is 0 Å². The minimum atomic E-state index is -2.28. The van der Waals surface area contributed by atoms with Crippen LogP contribution in [0.2, 0.25) is 0 Å². The van der Waals surface area contributed by atoms with Crippen LogP contribution >= 0.6 is 15.9 Å². The summed E-state index contributed by atoms with van der Waals surface area (Å²) in [6, 6.07) is 5.73. The Labute approximate surface area is 121 Å². The van der Waals surface area contributed by atoms with Gasteiger partial charge in [0.1, 0.15) is 0 Å². The van der Waals surface area contributed by atoms with E-state index in [2.05, 4.69) is 26.1 Å². The van der Waals surface area contributed by atoms with Crippen molar-refractivity contribution in [2.75, 3.05) is 26.2 Å². The molecule has 5 heteroatoms. The molecule has 0 radical (unpaired) electrons. The average molecular weight is 333 g/mol. The zero-order valence-electron chi connectivity index (χ0n) is 11.0. The van der Waals surface area contributed by atoms with Crippen LogP contribution in [-0.2, 0) is 0 Å². The first kappa shape index (κ1) is 14.9. The minimum absolute atomic E-state index is 0.102. The van der Waals surface area contributed by atoms with E-state index in [-0.39, 0.29) is 12.5 Å². The van der Waals surface area contributed by atoms with E-state index in [1.165, 1.54) is 0 Å². The molecule has 1 aliphatic rings. The summed E-state index contributed by atoms with van der Waals surface area (Å²) in [5, 5.41) is 3.26. The molecule has 1 aliphatic heterocycles. The zero-order chi connectivity index (χ0) is 13.8. The molecule has 1 heterocycles. The first-order chi connectivity index (χ1) is 9.08. The molecule has 106 valence electrons. The van der Waals surface area contributed by atoms with Gasteiger partial charge in [0.2, 0.25) is 6.43 Å². The van der Waals surface area contributed by atoms with Crippen LogP contribution in [-0.4, -0.2) is 37.5 Å². The molecule has 1 saturated heterocycles. The second-order valence-corrected chi connectivity index (χ2v) is 5.79. The molecule has 1 atom stereocenters. The van der Waals surface area contributed by atoms with Gasteiger partial charge in [-0.1, -0.05) is 28.1 Å². The highest BCUT2D eigenvalue weighted by molar-refractivity contribution is 9.10. The van der Waals surface area contributed by atoms with Crippen LogP contribution in [0.25, 0.3) is 0 Å². The summed E-state index contributed by atoms with van der Waals surface area (Å²) in [4.78, 5) is 2.15. The molecule has 2 rings (SSSR count). The molecular weight excluding hydrogens is 314 g/mol. The fraction of sp³-hybridized carbons (Fsp3) is 0.571. The minimum Gasteiger partial charge on any atom is -0.314 e. The van der Waals surface area contributed by atoms with Gasteiger partial charge in [0.25, 0.3) is 0 Å². The molecule has 0 unspecified atom stereocenters. The van der Waals surface area contributed by atoms with E-state index in [4.69, 9.17) is 0 Å². The number of rotatable bonds is 4. The summed E-state index contributed by atoms with van der Waals surface area (Å²) in [6.07, 6.45) is -2.38. The average Bonchev–Trinajstić information content (AvgIpc) is 2.40. The molecule has 1 N–H and O–H groups in total. The molecule has 0 amide bonds. The van der Waals surface area contributed by atoms with Crippen molar-refractivity contribution in [2.45, 2.75) is 25.8 Å². The first-order valence-corrected chi connectivity index (χ1v) is 7.36. The molecule has 0 spiro atoms. The van der Waals surface area contributed by atoms with Crippen molar-refractivity contribution in [3.8, 4) is 0 Å². The van der Waals surface area contributed by atoms with Gasteiger partial charge < -0.3 is 5.32 Å². The number of hydrogen-bond donors (Lipinski definition) is 1. The number of aryl methyl sites for hydroxylation is 1. The Balaban J connectivity index is 2.22. The lowest BCUT2D eigenvalue weighted by molar-refractivity contribution is 0.0739. The van der Waals surface area contributed by atoms with Gasteiger partial charge in [0.15, 0.2) is 0 Å². The van der Waals surface area contributed by atoms with Crippen LogP contribution < -0.4 is 5.32 Å². The molecule has 0 aliphatic carbocycles. The van der Waals surface area contributed by atoms with Gasteiger partial charge in [-0.15, -0.1) is 0 Å². The maximum Gasteiger partial charge on any atom is 0.240 e. The summed E-state index contributed by atoms with van der Waals surface area (Å²) in [6.45, 7) is 5.38. The van der Waals surface area contributed by atoms with Gasteiger partial charge in [0.05, 0.1) is 0 Å². The first-order valence-electron chi connectivity index (χ1n) is 6.57. The Morgan fingerprint density at radius 1 is 1.32 bits per heavy atom. The summed E-state index contributed by atoms with van der Waals surface area (Å²) < 4.78 is 26.7. The molecule has 0 bridgehead atoms. The van der Waals surface area contributed by atoms with E-state index in [1.54, 1.807) is 0 Å². The predicted molar refractivity (Wildman–Crippen MR) is 76.7 cm³/mol. The van der Waals surface area contributed by atoms with Crippen LogP contribution in [0.3, 0.4) is 0 Å². The monoisotopic (exact) mass is 332 g/mol. The van der Waals surface area contributed by atoms with Gasteiger partial charge in [-0.25, -0.2) is 8.78 Å². The van der Waals surface area contributed by atoms with Gasteiger partial charge in [0, 0.05) is 43.1 Å². The van der Waals surface area contributed by atoms with E-state index in [1.807, 2.05) is 25.1 Å². The second kappa shape index (κ2) is 6.77. The lowest BCUT2D eigenvalue weighted by atomic mass is 10.00. The maximum atomic E-state index is 12.9. The fourth-order valence-corrected chi connectivity index (χ4v) is 2.87. The van der Waals surface area contributed by atoms with Crippen LogP contribution in [0.5, 0.6) is 0 Å². The van der Waals surface area contributed by atoms with Crippen molar-refractivity contribution in [1.29, 1.82) is 0 Å². The summed E-state index contributed by atoms with van der Waals surface area (Å²) >= 11 is 3.49. The number of halogens is 3.